The molecule has 1 heterocycles. The van der Waals surface area contributed by atoms with Gasteiger partial charge in [0, 0.05) is 35.7 Å². The summed E-state index contributed by atoms with van der Waals surface area (Å²) in [5, 5.41) is 2.95. The molecular formula is C25H27BrN2O5. The zero-order chi connectivity index (χ0) is 23.6. The number of benzene rings is 2. The lowest BCUT2D eigenvalue weighted by Gasteiger charge is -2.32. The molecule has 0 aliphatic carbocycles. The van der Waals surface area contributed by atoms with Crippen LogP contribution in [0.3, 0.4) is 0 Å². The third-order valence-electron chi connectivity index (χ3n) is 5.33. The summed E-state index contributed by atoms with van der Waals surface area (Å²) in [4.78, 5) is 38.0. The third kappa shape index (κ3) is 7.75. The molecule has 0 aromatic heterocycles. The van der Waals surface area contributed by atoms with Crippen molar-refractivity contribution in [3.8, 4) is 5.75 Å². The van der Waals surface area contributed by atoms with E-state index < -0.39 is 6.16 Å². The Hall–Kier alpha value is -3.13. The number of likely N-dealkylation sites (tertiary alicyclic amines) is 1. The van der Waals surface area contributed by atoms with E-state index in [2.05, 4.69) is 21.2 Å². The number of hydrogen-bond donors (Lipinski definition) is 1. The highest BCUT2D eigenvalue weighted by atomic mass is 79.9. The number of halogens is 1. The van der Waals surface area contributed by atoms with E-state index in [-0.39, 0.29) is 18.4 Å². The van der Waals surface area contributed by atoms with E-state index in [0.29, 0.717) is 36.9 Å². The predicted octanol–water partition coefficient (Wildman–Crippen LogP) is 4.67. The maximum Gasteiger partial charge on any atom is 0.513 e. The van der Waals surface area contributed by atoms with Gasteiger partial charge in [0.2, 0.25) is 5.91 Å². The Morgan fingerprint density at radius 2 is 1.73 bits per heavy atom. The number of rotatable bonds is 7. The van der Waals surface area contributed by atoms with Gasteiger partial charge in [-0.05, 0) is 73.7 Å². The summed E-state index contributed by atoms with van der Waals surface area (Å²) in [7, 11) is 0. The first kappa shape index (κ1) is 24.5. The number of amides is 2. The fourth-order valence-electron chi connectivity index (χ4n) is 3.48. The second kappa shape index (κ2) is 12.2. The van der Waals surface area contributed by atoms with Crippen LogP contribution in [0.5, 0.6) is 5.75 Å². The Morgan fingerprint density at radius 3 is 2.36 bits per heavy atom. The van der Waals surface area contributed by atoms with Crippen molar-refractivity contribution in [3.05, 3.63) is 70.2 Å². The van der Waals surface area contributed by atoms with Gasteiger partial charge in [0.05, 0.1) is 6.61 Å². The third-order valence-corrected chi connectivity index (χ3v) is 5.86. The molecule has 33 heavy (non-hydrogen) atoms. The molecule has 174 valence electrons. The van der Waals surface area contributed by atoms with E-state index in [0.717, 1.165) is 22.9 Å². The van der Waals surface area contributed by atoms with Crippen molar-refractivity contribution >= 4 is 40.0 Å². The van der Waals surface area contributed by atoms with E-state index in [9.17, 15) is 14.4 Å². The van der Waals surface area contributed by atoms with E-state index in [1.165, 1.54) is 6.08 Å². The Labute approximate surface area is 201 Å². The predicted molar refractivity (Wildman–Crippen MR) is 129 cm³/mol. The van der Waals surface area contributed by atoms with Crippen LogP contribution in [-0.4, -0.2) is 49.1 Å². The molecule has 1 fully saturated rings. The van der Waals surface area contributed by atoms with Gasteiger partial charge in [-0.15, -0.1) is 0 Å². The molecule has 2 amide bonds. The molecular weight excluding hydrogens is 488 g/mol. The molecule has 1 aliphatic rings. The van der Waals surface area contributed by atoms with Gasteiger partial charge in [-0.2, -0.15) is 0 Å². The average molecular weight is 515 g/mol. The zero-order valence-corrected chi connectivity index (χ0v) is 20.0. The highest BCUT2D eigenvalue weighted by Crippen LogP contribution is 2.20. The van der Waals surface area contributed by atoms with Gasteiger partial charge in [-0.3, -0.25) is 9.59 Å². The second-order valence-electron chi connectivity index (χ2n) is 7.68. The number of nitrogens with one attached hydrogen (secondary N) is 1. The minimum absolute atomic E-state index is 0.0578. The highest BCUT2D eigenvalue weighted by Gasteiger charge is 2.24. The maximum absolute atomic E-state index is 12.8. The average Bonchev–Trinajstić information content (AvgIpc) is 2.83. The first-order valence-electron chi connectivity index (χ1n) is 10.9. The standard InChI is InChI=1S/C25H27BrN2O5/c1-2-32-25(31)33-22-10-6-20(7-11-22)24(30)28-15-13-19(14-16-28)17-27-23(29)12-5-18-3-8-21(26)9-4-18/h3-12,19H,2,13-17H2,1H3,(H,27,29)/b12-5+. The smallest absolute Gasteiger partial charge is 0.434 e. The van der Waals surface area contributed by atoms with Crippen molar-refractivity contribution in [3.63, 3.8) is 0 Å². The van der Waals surface area contributed by atoms with Crippen LogP contribution in [-0.2, 0) is 9.53 Å². The van der Waals surface area contributed by atoms with Crippen LogP contribution >= 0.6 is 15.9 Å². The molecule has 7 nitrogen and oxygen atoms in total. The molecule has 0 unspecified atom stereocenters. The molecule has 2 aromatic rings. The summed E-state index contributed by atoms with van der Waals surface area (Å²) in [6, 6.07) is 14.2. The molecule has 2 aromatic carbocycles. The molecule has 0 spiro atoms. The SMILES string of the molecule is CCOC(=O)Oc1ccc(C(=O)N2CCC(CNC(=O)/C=C/c3ccc(Br)cc3)CC2)cc1. The lowest BCUT2D eigenvalue weighted by atomic mass is 9.96. The monoisotopic (exact) mass is 514 g/mol. The first-order valence-corrected chi connectivity index (χ1v) is 11.7. The van der Waals surface area contributed by atoms with E-state index in [1.807, 2.05) is 29.2 Å². The van der Waals surface area contributed by atoms with E-state index in [1.54, 1.807) is 37.3 Å². The van der Waals surface area contributed by atoms with Crippen molar-refractivity contribution in [2.45, 2.75) is 19.8 Å². The van der Waals surface area contributed by atoms with Gasteiger partial charge in [-0.25, -0.2) is 4.79 Å². The van der Waals surface area contributed by atoms with Gasteiger partial charge in [0.1, 0.15) is 5.75 Å². The number of piperidine rings is 1. The quantitative estimate of drug-likeness (QED) is 0.329. The van der Waals surface area contributed by atoms with Crippen LogP contribution in [0.4, 0.5) is 4.79 Å². The summed E-state index contributed by atoms with van der Waals surface area (Å²) in [6.07, 6.45) is 4.21. The number of ether oxygens (including phenoxy) is 2. The van der Waals surface area contributed by atoms with Crippen molar-refractivity contribution in [2.75, 3.05) is 26.2 Å². The highest BCUT2D eigenvalue weighted by molar-refractivity contribution is 9.10. The minimum atomic E-state index is -0.769. The second-order valence-corrected chi connectivity index (χ2v) is 8.59. The van der Waals surface area contributed by atoms with Crippen LogP contribution in [0.1, 0.15) is 35.7 Å². The number of carbonyl (C=O) groups excluding carboxylic acids is 3. The van der Waals surface area contributed by atoms with Crippen LogP contribution in [0, 0.1) is 5.92 Å². The summed E-state index contributed by atoms with van der Waals surface area (Å²) in [6.45, 7) is 3.79. The molecule has 3 rings (SSSR count). The number of hydrogen-bond acceptors (Lipinski definition) is 5. The molecule has 1 aliphatic heterocycles. The Morgan fingerprint density at radius 1 is 1.06 bits per heavy atom. The summed E-state index contributed by atoms with van der Waals surface area (Å²) < 4.78 is 10.7. The van der Waals surface area contributed by atoms with Gasteiger partial charge in [0.15, 0.2) is 0 Å². The van der Waals surface area contributed by atoms with Crippen LogP contribution in [0.15, 0.2) is 59.1 Å². The molecule has 8 heteroatoms. The Kier molecular flexibility index (Phi) is 9.06. The Bertz CT molecular complexity index is 981. The van der Waals surface area contributed by atoms with Crippen molar-refractivity contribution in [1.82, 2.24) is 10.2 Å². The largest absolute Gasteiger partial charge is 0.513 e. The molecule has 1 saturated heterocycles. The van der Waals surface area contributed by atoms with E-state index in [4.69, 9.17) is 9.47 Å². The van der Waals surface area contributed by atoms with E-state index >= 15 is 0 Å². The van der Waals surface area contributed by atoms with Crippen LogP contribution in [0.25, 0.3) is 6.08 Å². The van der Waals surface area contributed by atoms with Gasteiger partial charge in [0.25, 0.3) is 5.91 Å². The maximum atomic E-state index is 12.8. The van der Waals surface area contributed by atoms with Crippen LogP contribution in [0.2, 0.25) is 0 Å². The lowest BCUT2D eigenvalue weighted by molar-refractivity contribution is -0.116. The summed E-state index contributed by atoms with van der Waals surface area (Å²) in [5.41, 5.74) is 1.50. The zero-order valence-electron chi connectivity index (χ0n) is 18.5. The normalized spacial score (nSPS) is 14.2. The first-order chi connectivity index (χ1) is 15.9. The van der Waals surface area contributed by atoms with Crippen molar-refractivity contribution < 1.29 is 23.9 Å². The fourth-order valence-corrected chi connectivity index (χ4v) is 3.75. The minimum Gasteiger partial charge on any atom is -0.434 e. The van der Waals surface area contributed by atoms with Gasteiger partial charge < -0.3 is 19.7 Å². The molecule has 0 radical (unpaired) electrons. The molecule has 1 N–H and O–H groups in total. The van der Waals surface area contributed by atoms with Gasteiger partial charge >= 0.3 is 6.16 Å². The fraction of sp³-hybridized carbons (Fsp3) is 0.320. The number of nitrogens with zero attached hydrogens (tertiary/aromatic N) is 1. The van der Waals surface area contributed by atoms with Crippen molar-refractivity contribution in [2.24, 2.45) is 5.92 Å². The molecule has 0 bridgehead atoms. The molecule has 0 saturated carbocycles. The van der Waals surface area contributed by atoms with Crippen molar-refractivity contribution in [1.29, 1.82) is 0 Å². The number of carbonyl (C=O) groups is 3. The van der Waals surface area contributed by atoms with Crippen LogP contribution < -0.4 is 10.1 Å². The van der Waals surface area contributed by atoms with Gasteiger partial charge in [-0.1, -0.05) is 28.1 Å². The topological polar surface area (TPSA) is 84.9 Å². The summed E-state index contributed by atoms with van der Waals surface area (Å²) >= 11 is 3.39. The lowest BCUT2D eigenvalue weighted by Crippen LogP contribution is -2.41. The molecule has 0 atom stereocenters. The summed E-state index contributed by atoms with van der Waals surface area (Å²) in [5.74, 6) is 0.479. The Balaban J connectivity index is 1.40.